The predicted molar refractivity (Wildman–Crippen MR) is 69.9 cm³/mol. The van der Waals surface area contributed by atoms with Gasteiger partial charge in [0.05, 0.1) is 0 Å². The first-order valence-electron chi connectivity index (χ1n) is 6.07. The van der Waals surface area contributed by atoms with Gasteiger partial charge >= 0.3 is 0 Å². The number of hydrogen-bond donors (Lipinski definition) is 1. The second-order valence-corrected chi connectivity index (χ2v) is 4.26. The fourth-order valence-corrected chi connectivity index (χ4v) is 2.09. The molecule has 2 rings (SSSR count). The molecule has 0 atom stereocenters. The highest BCUT2D eigenvalue weighted by Crippen LogP contribution is 2.18. The first-order chi connectivity index (χ1) is 7.85. The fourth-order valence-electron chi connectivity index (χ4n) is 2.09. The van der Waals surface area contributed by atoms with Gasteiger partial charge in [0.15, 0.2) is 0 Å². The lowest BCUT2D eigenvalue weighted by Gasteiger charge is -2.05. The number of likely N-dealkylation sites (N-methyl/N-ethyl adjacent to an activating group) is 1. The van der Waals surface area contributed by atoms with Crippen molar-refractivity contribution in [2.75, 3.05) is 13.6 Å². The molecule has 2 aromatic rings. The summed E-state index contributed by atoms with van der Waals surface area (Å²) in [5.74, 6) is 0. The first kappa shape index (κ1) is 11.2. The Balaban J connectivity index is 2.30. The van der Waals surface area contributed by atoms with Crippen molar-refractivity contribution < 1.29 is 0 Å². The van der Waals surface area contributed by atoms with Crippen LogP contribution in [0.3, 0.4) is 0 Å². The number of fused-ring (bicyclic) bond motifs is 1. The highest BCUT2D eigenvalue weighted by atomic mass is 14.9. The second kappa shape index (κ2) is 5.17. The molecule has 0 aliphatic rings. The SMILES string of the molecule is CCCn1ccc2ccc(CCNC)cc21. The van der Waals surface area contributed by atoms with Crippen LogP contribution in [0.2, 0.25) is 0 Å². The lowest BCUT2D eigenvalue weighted by molar-refractivity contribution is 0.703. The van der Waals surface area contributed by atoms with Crippen molar-refractivity contribution in [3.05, 3.63) is 36.0 Å². The van der Waals surface area contributed by atoms with Gasteiger partial charge in [0.1, 0.15) is 0 Å². The number of aryl methyl sites for hydroxylation is 1. The summed E-state index contributed by atoms with van der Waals surface area (Å²) in [7, 11) is 2.00. The first-order valence-corrected chi connectivity index (χ1v) is 6.07. The Morgan fingerprint density at radius 3 is 2.88 bits per heavy atom. The van der Waals surface area contributed by atoms with E-state index in [4.69, 9.17) is 0 Å². The Labute approximate surface area is 97.3 Å². The predicted octanol–water partition coefficient (Wildman–Crippen LogP) is 2.81. The molecule has 16 heavy (non-hydrogen) atoms. The molecule has 2 nitrogen and oxygen atoms in total. The molecule has 2 heteroatoms. The molecule has 0 saturated carbocycles. The molecule has 0 aliphatic carbocycles. The van der Waals surface area contributed by atoms with E-state index in [0.717, 1.165) is 19.5 Å². The summed E-state index contributed by atoms with van der Waals surface area (Å²) < 4.78 is 2.35. The molecule has 1 aromatic heterocycles. The van der Waals surface area contributed by atoms with Gasteiger partial charge in [0, 0.05) is 18.3 Å². The minimum Gasteiger partial charge on any atom is -0.347 e. The van der Waals surface area contributed by atoms with Gasteiger partial charge in [-0.2, -0.15) is 0 Å². The summed E-state index contributed by atoms with van der Waals surface area (Å²) in [6, 6.07) is 8.98. The average molecular weight is 216 g/mol. The Morgan fingerprint density at radius 2 is 2.12 bits per heavy atom. The van der Waals surface area contributed by atoms with E-state index in [1.54, 1.807) is 0 Å². The number of rotatable bonds is 5. The molecular weight excluding hydrogens is 196 g/mol. The topological polar surface area (TPSA) is 17.0 Å². The van der Waals surface area contributed by atoms with Crippen LogP contribution in [-0.2, 0) is 13.0 Å². The van der Waals surface area contributed by atoms with Crippen LogP contribution in [0.15, 0.2) is 30.5 Å². The molecule has 0 radical (unpaired) electrons. The third-order valence-electron chi connectivity index (χ3n) is 2.97. The van der Waals surface area contributed by atoms with E-state index in [1.807, 2.05) is 7.05 Å². The summed E-state index contributed by atoms with van der Waals surface area (Å²) in [4.78, 5) is 0. The Kier molecular flexibility index (Phi) is 3.62. The molecule has 0 bridgehead atoms. The smallest absolute Gasteiger partial charge is 0.0483 e. The van der Waals surface area contributed by atoms with Crippen molar-refractivity contribution in [3.8, 4) is 0 Å². The van der Waals surface area contributed by atoms with E-state index in [0.29, 0.717) is 0 Å². The lowest BCUT2D eigenvalue weighted by Crippen LogP contribution is -2.10. The zero-order valence-corrected chi connectivity index (χ0v) is 10.2. The highest BCUT2D eigenvalue weighted by Gasteiger charge is 2.01. The largest absolute Gasteiger partial charge is 0.347 e. The normalized spacial score (nSPS) is 11.1. The quantitative estimate of drug-likeness (QED) is 0.813. The zero-order valence-electron chi connectivity index (χ0n) is 10.2. The summed E-state index contributed by atoms with van der Waals surface area (Å²) in [5, 5.41) is 4.54. The molecule has 1 heterocycles. The van der Waals surface area contributed by atoms with E-state index in [9.17, 15) is 0 Å². The van der Waals surface area contributed by atoms with Crippen LogP contribution in [0.5, 0.6) is 0 Å². The molecule has 0 amide bonds. The number of benzene rings is 1. The molecule has 0 aliphatic heterocycles. The molecule has 1 N–H and O–H groups in total. The fraction of sp³-hybridized carbons (Fsp3) is 0.429. The summed E-state index contributed by atoms with van der Waals surface area (Å²) in [5.41, 5.74) is 2.79. The van der Waals surface area contributed by atoms with Gasteiger partial charge in [-0.15, -0.1) is 0 Å². The minimum absolute atomic E-state index is 1.04. The molecule has 0 saturated heterocycles. The maximum Gasteiger partial charge on any atom is 0.0483 e. The summed E-state index contributed by atoms with van der Waals surface area (Å²) in [6.07, 6.45) is 4.48. The van der Waals surface area contributed by atoms with E-state index < -0.39 is 0 Å². The van der Waals surface area contributed by atoms with Crippen molar-refractivity contribution in [2.24, 2.45) is 0 Å². The summed E-state index contributed by atoms with van der Waals surface area (Å²) in [6.45, 7) is 4.37. The Morgan fingerprint density at radius 1 is 1.25 bits per heavy atom. The molecule has 0 unspecified atom stereocenters. The molecular formula is C14H20N2. The number of hydrogen-bond acceptors (Lipinski definition) is 1. The van der Waals surface area contributed by atoms with Crippen LogP contribution in [-0.4, -0.2) is 18.2 Å². The third-order valence-corrected chi connectivity index (χ3v) is 2.97. The summed E-state index contributed by atoms with van der Waals surface area (Å²) >= 11 is 0. The van der Waals surface area contributed by atoms with Gasteiger partial charge in [-0.1, -0.05) is 19.1 Å². The number of aromatic nitrogens is 1. The number of nitrogens with one attached hydrogen (secondary N) is 1. The van der Waals surface area contributed by atoms with Gasteiger partial charge in [-0.3, -0.25) is 0 Å². The Bertz CT molecular complexity index is 457. The van der Waals surface area contributed by atoms with E-state index in [-0.39, 0.29) is 0 Å². The van der Waals surface area contributed by atoms with Gasteiger partial charge < -0.3 is 9.88 Å². The lowest BCUT2D eigenvalue weighted by atomic mass is 10.1. The molecule has 0 spiro atoms. The van der Waals surface area contributed by atoms with Gasteiger partial charge in [-0.05, 0) is 49.5 Å². The van der Waals surface area contributed by atoms with E-state index in [1.165, 1.54) is 22.9 Å². The average Bonchev–Trinajstić information content (AvgIpc) is 2.70. The Hall–Kier alpha value is -1.28. The molecule has 86 valence electrons. The van der Waals surface area contributed by atoms with E-state index in [2.05, 4.69) is 47.3 Å². The van der Waals surface area contributed by atoms with Gasteiger partial charge in [0.25, 0.3) is 0 Å². The van der Waals surface area contributed by atoms with Crippen molar-refractivity contribution in [1.82, 2.24) is 9.88 Å². The van der Waals surface area contributed by atoms with Crippen LogP contribution >= 0.6 is 0 Å². The second-order valence-electron chi connectivity index (χ2n) is 4.26. The van der Waals surface area contributed by atoms with Crippen LogP contribution in [0.4, 0.5) is 0 Å². The standard InChI is InChI=1S/C14H20N2/c1-3-9-16-10-7-13-5-4-12(6-8-15-2)11-14(13)16/h4-5,7,10-11,15H,3,6,8-9H2,1-2H3. The van der Waals surface area contributed by atoms with Crippen LogP contribution in [0.25, 0.3) is 10.9 Å². The maximum absolute atomic E-state index is 3.19. The highest BCUT2D eigenvalue weighted by molar-refractivity contribution is 5.80. The van der Waals surface area contributed by atoms with Crippen molar-refractivity contribution in [3.63, 3.8) is 0 Å². The van der Waals surface area contributed by atoms with E-state index >= 15 is 0 Å². The van der Waals surface area contributed by atoms with Crippen LogP contribution in [0, 0.1) is 0 Å². The number of nitrogens with zero attached hydrogens (tertiary/aromatic N) is 1. The van der Waals surface area contributed by atoms with Crippen molar-refractivity contribution >= 4 is 10.9 Å². The molecule has 0 fully saturated rings. The molecule has 1 aromatic carbocycles. The van der Waals surface area contributed by atoms with Crippen LogP contribution < -0.4 is 5.32 Å². The van der Waals surface area contributed by atoms with Gasteiger partial charge in [0.2, 0.25) is 0 Å². The maximum atomic E-state index is 3.19. The monoisotopic (exact) mass is 216 g/mol. The third kappa shape index (κ3) is 2.27. The minimum atomic E-state index is 1.04. The van der Waals surface area contributed by atoms with Crippen LogP contribution in [0.1, 0.15) is 18.9 Å². The zero-order chi connectivity index (χ0) is 11.4. The van der Waals surface area contributed by atoms with Crippen molar-refractivity contribution in [1.29, 1.82) is 0 Å². The van der Waals surface area contributed by atoms with Gasteiger partial charge in [-0.25, -0.2) is 0 Å². The van der Waals surface area contributed by atoms with Crippen molar-refractivity contribution in [2.45, 2.75) is 26.3 Å².